The number of methoxy groups -OCH3 is 1. The number of hydrogen-bond donors (Lipinski definition) is 2. The summed E-state index contributed by atoms with van der Waals surface area (Å²) >= 11 is 0. The molecule has 3 nitrogen and oxygen atoms in total. The van der Waals surface area contributed by atoms with E-state index in [-0.39, 0.29) is 11.2 Å². The molecule has 1 fully saturated rings. The summed E-state index contributed by atoms with van der Waals surface area (Å²) in [5.74, 6) is 0.735. The van der Waals surface area contributed by atoms with Gasteiger partial charge in [-0.15, -0.1) is 0 Å². The van der Waals surface area contributed by atoms with E-state index in [1.165, 1.54) is 0 Å². The van der Waals surface area contributed by atoms with Crippen molar-refractivity contribution < 1.29 is 9.84 Å². The Labute approximate surface area is 115 Å². The van der Waals surface area contributed by atoms with Gasteiger partial charge in [-0.2, -0.15) is 0 Å². The average molecular weight is 263 g/mol. The van der Waals surface area contributed by atoms with E-state index in [0.717, 1.165) is 36.8 Å². The summed E-state index contributed by atoms with van der Waals surface area (Å²) in [4.78, 5) is 0. The molecule has 0 bridgehead atoms. The highest BCUT2D eigenvalue weighted by molar-refractivity contribution is 5.53. The molecule has 3 heteroatoms. The fourth-order valence-electron chi connectivity index (χ4n) is 2.85. The fourth-order valence-corrected chi connectivity index (χ4v) is 2.85. The molecule has 1 aromatic rings. The Morgan fingerprint density at radius 2 is 1.79 bits per heavy atom. The van der Waals surface area contributed by atoms with Crippen molar-refractivity contribution in [3.63, 3.8) is 0 Å². The van der Waals surface area contributed by atoms with Gasteiger partial charge in [-0.3, -0.25) is 0 Å². The SMILES string of the molecule is COc1cc(C(C)(C)C)cc(C2(N)CCCC2)c1O. The van der Waals surface area contributed by atoms with Crippen LogP contribution >= 0.6 is 0 Å². The van der Waals surface area contributed by atoms with E-state index in [2.05, 4.69) is 26.8 Å². The summed E-state index contributed by atoms with van der Waals surface area (Å²) in [6.45, 7) is 6.46. The van der Waals surface area contributed by atoms with Gasteiger partial charge in [0.15, 0.2) is 11.5 Å². The van der Waals surface area contributed by atoms with Gasteiger partial charge >= 0.3 is 0 Å². The summed E-state index contributed by atoms with van der Waals surface area (Å²) in [5, 5.41) is 10.4. The van der Waals surface area contributed by atoms with Crippen molar-refractivity contribution in [1.29, 1.82) is 0 Å². The van der Waals surface area contributed by atoms with Crippen LogP contribution in [0.15, 0.2) is 12.1 Å². The number of phenols is 1. The van der Waals surface area contributed by atoms with Gasteiger partial charge in [-0.1, -0.05) is 33.6 Å². The first-order chi connectivity index (χ1) is 8.78. The molecule has 0 heterocycles. The molecule has 0 atom stereocenters. The minimum Gasteiger partial charge on any atom is -0.504 e. The molecule has 2 rings (SSSR count). The standard InChI is InChI=1S/C16H25NO2/c1-15(2,3)11-9-12(14(18)13(10-11)19-4)16(17)7-5-6-8-16/h9-10,18H,5-8,17H2,1-4H3. The summed E-state index contributed by atoms with van der Waals surface area (Å²) in [7, 11) is 1.59. The Balaban J connectivity index is 2.59. The quantitative estimate of drug-likeness (QED) is 0.859. The van der Waals surface area contributed by atoms with Crippen LogP contribution in [-0.4, -0.2) is 12.2 Å². The van der Waals surface area contributed by atoms with Crippen molar-refractivity contribution in [3.8, 4) is 11.5 Å². The van der Waals surface area contributed by atoms with E-state index in [4.69, 9.17) is 10.5 Å². The number of hydrogen-bond acceptors (Lipinski definition) is 3. The first kappa shape index (κ1) is 14.2. The number of aromatic hydroxyl groups is 1. The van der Waals surface area contributed by atoms with Crippen LogP contribution in [0.25, 0.3) is 0 Å². The monoisotopic (exact) mass is 263 g/mol. The summed E-state index contributed by atoms with van der Waals surface area (Å²) < 4.78 is 5.32. The average Bonchev–Trinajstić information content (AvgIpc) is 2.76. The second kappa shape index (κ2) is 4.71. The minimum absolute atomic E-state index is 0.00466. The topological polar surface area (TPSA) is 55.5 Å². The van der Waals surface area contributed by atoms with Crippen molar-refractivity contribution in [1.82, 2.24) is 0 Å². The number of ether oxygens (including phenoxy) is 1. The fraction of sp³-hybridized carbons (Fsp3) is 0.625. The molecule has 1 aliphatic carbocycles. The normalized spacial score (nSPS) is 18.6. The van der Waals surface area contributed by atoms with Crippen LogP contribution in [-0.2, 0) is 11.0 Å². The molecule has 0 aromatic heterocycles. The first-order valence-electron chi connectivity index (χ1n) is 6.99. The zero-order chi connectivity index (χ0) is 14.3. The number of phenolic OH excluding ortho intramolecular Hbond substituents is 1. The molecule has 1 aromatic carbocycles. The molecule has 106 valence electrons. The van der Waals surface area contributed by atoms with E-state index in [9.17, 15) is 5.11 Å². The molecule has 1 aliphatic rings. The second-order valence-electron chi connectivity index (χ2n) is 6.69. The van der Waals surface area contributed by atoms with E-state index >= 15 is 0 Å². The maximum absolute atomic E-state index is 10.4. The van der Waals surface area contributed by atoms with Crippen molar-refractivity contribution in [2.75, 3.05) is 7.11 Å². The van der Waals surface area contributed by atoms with Crippen molar-refractivity contribution >= 4 is 0 Å². The lowest BCUT2D eigenvalue weighted by Crippen LogP contribution is -2.33. The Bertz CT molecular complexity index is 468. The second-order valence-corrected chi connectivity index (χ2v) is 6.69. The number of benzene rings is 1. The van der Waals surface area contributed by atoms with E-state index < -0.39 is 5.54 Å². The summed E-state index contributed by atoms with van der Waals surface area (Å²) in [6.07, 6.45) is 4.10. The van der Waals surface area contributed by atoms with Gasteiger partial charge in [-0.25, -0.2) is 0 Å². The van der Waals surface area contributed by atoms with Crippen LogP contribution in [0.5, 0.6) is 11.5 Å². The highest BCUT2D eigenvalue weighted by atomic mass is 16.5. The molecule has 1 saturated carbocycles. The molecule has 3 N–H and O–H groups in total. The van der Waals surface area contributed by atoms with Crippen molar-refractivity contribution in [2.45, 2.75) is 57.4 Å². The van der Waals surface area contributed by atoms with Crippen LogP contribution in [0.2, 0.25) is 0 Å². The number of rotatable bonds is 2. The van der Waals surface area contributed by atoms with Crippen molar-refractivity contribution in [2.24, 2.45) is 5.73 Å². The predicted octanol–water partition coefficient (Wildman–Crippen LogP) is 3.43. The molecule has 19 heavy (non-hydrogen) atoms. The smallest absolute Gasteiger partial charge is 0.162 e. The zero-order valence-electron chi connectivity index (χ0n) is 12.4. The van der Waals surface area contributed by atoms with Crippen LogP contribution in [0.4, 0.5) is 0 Å². The van der Waals surface area contributed by atoms with Gasteiger partial charge in [0.1, 0.15) is 0 Å². The van der Waals surface area contributed by atoms with Gasteiger partial charge in [0.2, 0.25) is 0 Å². The molecule has 0 aliphatic heterocycles. The summed E-state index contributed by atoms with van der Waals surface area (Å²) in [5.41, 5.74) is 8.09. The summed E-state index contributed by atoms with van der Waals surface area (Å²) in [6, 6.07) is 3.97. The van der Waals surface area contributed by atoms with Gasteiger partial charge in [0.25, 0.3) is 0 Å². The van der Waals surface area contributed by atoms with E-state index in [1.807, 2.05) is 6.07 Å². The number of nitrogens with two attached hydrogens (primary N) is 1. The highest BCUT2D eigenvalue weighted by Gasteiger charge is 2.35. The Hall–Kier alpha value is -1.22. The lowest BCUT2D eigenvalue weighted by atomic mass is 9.81. The highest BCUT2D eigenvalue weighted by Crippen LogP contribution is 2.45. The molecule has 0 spiro atoms. The van der Waals surface area contributed by atoms with Crippen LogP contribution in [0.3, 0.4) is 0 Å². The maximum Gasteiger partial charge on any atom is 0.162 e. The van der Waals surface area contributed by atoms with Crippen molar-refractivity contribution in [3.05, 3.63) is 23.3 Å². The minimum atomic E-state index is -0.404. The lowest BCUT2D eigenvalue weighted by molar-refractivity contribution is 0.353. The first-order valence-corrected chi connectivity index (χ1v) is 6.99. The molecular formula is C16H25NO2. The van der Waals surface area contributed by atoms with Gasteiger partial charge in [-0.05, 0) is 36.0 Å². The maximum atomic E-state index is 10.4. The molecular weight excluding hydrogens is 238 g/mol. The van der Waals surface area contributed by atoms with E-state index in [1.54, 1.807) is 7.11 Å². The van der Waals surface area contributed by atoms with Crippen LogP contribution in [0.1, 0.15) is 57.6 Å². The Kier molecular flexibility index (Phi) is 3.52. The van der Waals surface area contributed by atoms with Gasteiger partial charge in [0.05, 0.1) is 7.11 Å². The molecule has 0 amide bonds. The van der Waals surface area contributed by atoms with E-state index in [0.29, 0.717) is 5.75 Å². The third-order valence-corrected chi connectivity index (χ3v) is 4.19. The zero-order valence-corrected chi connectivity index (χ0v) is 12.4. The largest absolute Gasteiger partial charge is 0.504 e. The Morgan fingerprint density at radius 1 is 1.21 bits per heavy atom. The predicted molar refractivity (Wildman–Crippen MR) is 77.7 cm³/mol. The molecule has 0 saturated heterocycles. The molecule has 0 unspecified atom stereocenters. The van der Waals surface area contributed by atoms with Crippen LogP contribution < -0.4 is 10.5 Å². The van der Waals surface area contributed by atoms with Gasteiger partial charge < -0.3 is 15.6 Å². The van der Waals surface area contributed by atoms with Crippen LogP contribution in [0, 0.1) is 0 Å². The Morgan fingerprint density at radius 3 is 2.26 bits per heavy atom. The third-order valence-electron chi connectivity index (χ3n) is 4.19. The van der Waals surface area contributed by atoms with Gasteiger partial charge in [0, 0.05) is 11.1 Å². The third kappa shape index (κ3) is 2.57. The lowest BCUT2D eigenvalue weighted by Gasteiger charge is -2.29. The molecule has 0 radical (unpaired) electrons.